The van der Waals surface area contributed by atoms with Crippen LogP contribution in [0.25, 0.3) is 0 Å². The van der Waals surface area contributed by atoms with Gasteiger partial charge in [-0.15, -0.1) is 0 Å². The maximum absolute atomic E-state index is 12.3. The first-order chi connectivity index (χ1) is 14.2. The Kier molecular flexibility index (Phi) is 8.35. The first kappa shape index (κ1) is 21.6. The molecule has 0 spiro atoms. The van der Waals surface area contributed by atoms with Gasteiger partial charge in [0.05, 0.1) is 0 Å². The largest absolute Gasteiger partial charge is 0.382 e. The van der Waals surface area contributed by atoms with Gasteiger partial charge in [-0.25, -0.2) is 0 Å². The molecular formula is C23H30ClN3O2. The van der Waals surface area contributed by atoms with E-state index in [4.69, 9.17) is 16.3 Å². The number of piperidine rings is 1. The summed E-state index contributed by atoms with van der Waals surface area (Å²) in [5.41, 5.74) is 2.53. The molecule has 2 aromatic rings. The minimum absolute atomic E-state index is 0.156. The smallest absolute Gasteiger partial charge is 0.255 e. The Hall–Kier alpha value is -2.08. The topological polar surface area (TPSA) is 53.6 Å². The van der Waals surface area contributed by atoms with Gasteiger partial charge in [-0.2, -0.15) is 0 Å². The highest BCUT2D eigenvalue weighted by atomic mass is 35.5. The molecule has 5 nitrogen and oxygen atoms in total. The molecule has 0 radical (unpaired) electrons. The molecule has 1 aliphatic heterocycles. The molecular weight excluding hydrogens is 386 g/mol. The summed E-state index contributed by atoms with van der Waals surface area (Å²) in [5.74, 6) is -0.156. The number of anilines is 2. The molecule has 0 aromatic heterocycles. The normalized spacial score (nSPS) is 14.8. The average Bonchev–Trinajstić information content (AvgIpc) is 2.75. The minimum Gasteiger partial charge on any atom is -0.382 e. The Morgan fingerprint density at radius 3 is 2.62 bits per heavy atom. The Bertz CT molecular complexity index is 774. The predicted octanol–water partition coefficient (Wildman–Crippen LogP) is 4.58. The summed E-state index contributed by atoms with van der Waals surface area (Å²) in [6.45, 7) is 6.76. The van der Waals surface area contributed by atoms with E-state index in [9.17, 15) is 4.79 Å². The summed E-state index contributed by atoms with van der Waals surface area (Å²) < 4.78 is 5.38. The van der Waals surface area contributed by atoms with Crippen molar-refractivity contribution in [3.63, 3.8) is 0 Å². The maximum Gasteiger partial charge on any atom is 0.255 e. The summed E-state index contributed by atoms with van der Waals surface area (Å²) in [4.78, 5) is 14.7. The summed E-state index contributed by atoms with van der Waals surface area (Å²) in [7, 11) is 0. The molecule has 1 fully saturated rings. The summed E-state index contributed by atoms with van der Waals surface area (Å²) in [6.07, 6.45) is 3.35. The van der Waals surface area contributed by atoms with Crippen molar-refractivity contribution in [2.45, 2.75) is 32.2 Å². The number of benzene rings is 2. The van der Waals surface area contributed by atoms with E-state index in [1.54, 1.807) is 24.3 Å². The highest BCUT2D eigenvalue weighted by molar-refractivity contribution is 6.31. The lowest BCUT2D eigenvalue weighted by atomic mass is 10.0. The van der Waals surface area contributed by atoms with Gasteiger partial charge in [-0.05, 0) is 75.2 Å². The maximum atomic E-state index is 12.3. The van der Waals surface area contributed by atoms with Crippen molar-refractivity contribution >= 4 is 28.9 Å². The molecule has 1 saturated heterocycles. The number of nitrogens with zero attached hydrogens (tertiary/aromatic N) is 1. The van der Waals surface area contributed by atoms with E-state index in [1.807, 2.05) is 19.1 Å². The molecule has 0 saturated carbocycles. The van der Waals surface area contributed by atoms with Crippen LogP contribution in [-0.4, -0.2) is 44.8 Å². The lowest BCUT2D eigenvalue weighted by molar-refractivity contribution is 0.102. The summed E-state index contributed by atoms with van der Waals surface area (Å²) in [6, 6.07) is 15.6. The van der Waals surface area contributed by atoms with Crippen molar-refractivity contribution in [3.05, 3.63) is 59.1 Å². The van der Waals surface area contributed by atoms with Gasteiger partial charge in [0.15, 0.2) is 0 Å². The Labute approximate surface area is 178 Å². The molecule has 1 amide bonds. The third kappa shape index (κ3) is 6.74. The number of nitrogens with one attached hydrogen (secondary N) is 2. The van der Waals surface area contributed by atoms with Gasteiger partial charge < -0.3 is 20.3 Å². The van der Waals surface area contributed by atoms with Crippen LogP contribution in [0.4, 0.5) is 11.4 Å². The van der Waals surface area contributed by atoms with E-state index in [0.717, 1.165) is 57.8 Å². The molecule has 1 aliphatic rings. The fourth-order valence-corrected chi connectivity index (χ4v) is 3.75. The van der Waals surface area contributed by atoms with Crippen LogP contribution < -0.4 is 15.5 Å². The van der Waals surface area contributed by atoms with E-state index in [2.05, 4.69) is 27.7 Å². The molecule has 156 valence electrons. The third-order valence-corrected chi connectivity index (χ3v) is 5.41. The third-order valence-electron chi connectivity index (χ3n) is 5.17. The molecule has 0 atom stereocenters. The highest BCUT2D eigenvalue weighted by Gasteiger charge is 2.19. The molecule has 1 heterocycles. The molecule has 29 heavy (non-hydrogen) atoms. The number of carbonyl (C=O) groups is 1. The van der Waals surface area contributed by atoms with E-state index in [0.29, 0.717) is 16.6 Å². The Balaban J connectivity index is 1.44. The predicted molar refractivity (Wildman–Crippen MR) is 120 cm³/mol. The van der Waals surface area contributed by atoms with Crippen molar-refractivity contribution in [2.24, 2.45) is 0 Å². The van der Waals surface area contributed by atoms with E-state index in [1.165, 1.54) is 5.69 Å². The summed E-state index contributed by atoms with van der Waals surface area (Å²) in [5, 5.41) is 7.12. The molecule has 0 aliphatic carbocycles. The van der Waals surface area contributed by atoms with Crippen LogP contribution in [-0.2, 0) is 4.74 Å². The zero-order valence-electron chi connectivity index (χ0n) is 17.0. The second-order valence-corrected chi connectivity index (χ2v) is 7.71. The first-order valence-electron chi connectivity index (χ1n) is 10.4. The SMILES string of the molecule is CCOCCCNC1CCN(c2ccc(NC(=O)c3cccc(Cl)c3)cc2)CC1. The monoisotopic (exact) mass is 415 g/mol. The van der Waals surface area contributed by atoms with Crippen molar-refractivity contribution in [1.82, 2.24) is 5.32 Å². The number of rotatable bonds is 9. The van der Waals surface area contributed by atoms with Crippen LogP contribution in [0.3, 0.4) is 0 Å². The number of halogens is 1. The Morgan fingerprint density at radius 2 is 1.93 bits per heavy atom. The zero-order chi connectivity index (χ0) is 20.5. The fraction of sp³-hybridized carbons (Fsp3) is 0.435. The van der Waals surface area contributed by atoms with Gasteiger partial charge in [0.2, 0.25) is 0 Å². The van der Waals surface area contributed by atoms with Crippen molar-refractivity contribution in [3.8, 4) is 0 Å². The second-order valence-electron chi connectivity index (χ2n) is 7.28. The lowest BCUT2D eigenvalue weighted by Crippen LogP contribution is -2.43. The first-order valence-corrected chi connectivity index (χ1v) is 10.8. The van der Waals surface area contributed by atoms with Crippen LogP contribution in [0.2, 0.25) is 5.02 Å². The van der Waals surface area contributed by atoms with Crippen LogP contribution in [0.15, 0.2) is 48.5 Å². The molecule has 2 N–H and O–H groups in total. The fourth-order valence-electron chi connectivity index (χ4n) is 3.56. The number of hydrogen-bond donors (Lipinski definition) is 2. The van der Waals surface area contributed by atoms with Crippen LogP contribution in [0, 0.1) is 0 Å². The molecule has 6 heteroatoms. The van der Waals surface area contributed by atoms with Gasteiger partial charge in [-0.1, -0.05) is 17.7 Å². The molecule has 0 unspecified atom stereocenters. The molecule has 0 bridgehead atoms. The van der Waals surface area contributed by atoms with Gasteiger partial charge in [0.25, 0.3) is 5.91 Å². The van der Waals surface area contributed by atoms with Crippen LogP contribution in [0.1, 0.15) is 36.5 Å². The average molecular weight is 416 g/mol. The second kappa shape index (κ2) is 11.2. The quantitative estimate of drug-likeness (QED) is 0.589. The standard InChI is InChI=1S/C23H30ClN3O2/c1-2-29-16-4-13-25-20-11-14-27(15-12-20)22-9-7-21(8-10-22)26-23(28)18-5-3-6-19(24)17-18/h3,5-10,17,20,25H,2,4,11-16H2,1H3,(H,26,28). The number of hydrogen-bond acceptors (Lipinski definition) is 4. The van der Waals surface area contributed by atoms with Gasteiger partial charge in [0.1, 0.15) is 0 Å². The number of amides is 1. The summed E-state index contributed by atoms with van der Waals surface area (Å²) >= 11 is 5.96. The van der Waals surface area contributed by atoms with Gasteiger partial charge in [0, 0.05) is 54.3 Å². The molecule has 2 aromatic carbocycles. The Morgan fingerprint density at radius 1 is 1.17 bits per heavy atom. The van der Waals surface area contributed by atoms with Gasteiger partial charge >= 0.3 is 0 Å². The van der Waals surface area contributed by atoms with Crippen LogP contribution in [0.5, 0.6) is 0 Å². The highest BCUT2D eigenvalue weighted by Crippen LogP contribution is 2.22. The van der Waals surface area contributed by atoms with E-state index in [-0.39, 0.29) is 5.91 Å². The van der Waals surface area contributed by atoms with Crippen LogP contribution >= 0.6 is 11.6 Å². The number of ether oxygens (including phenoxy) is 1. The molecule has 3 rings (SSSR count). The van der Waals surface area contributed by atoms with E-state index >= 15 is 0 Å². The van der Waals surface area contributed by atoms with Crippen molar-refractivity contribution in [2.75, 3.05) is 43.1 Å². The van der Waals surface area contributed by atoms with E-state index < -0.39 is 0 Å². The van der Waals surface area contributed by atoms with Gasteiger partial charge in [-0.3, -0.25) is 4.79 Å². The van der Waals surface area contributed by atoms with Crippen molar-refractivity contribution in [1.29, 1.82) is 0 Å². The van der Waals surface area contributed by atoms with Crippen molar-refractivity contribution < 1.29 is 9.53 Å². The minimum atomic E-state index is -0.156. The lowest BCUT2D eigenvalue weighted by Gasteiger charge is -2.34. The number of carbonyl (C=O) groups excluding carboxylic acids is 1. The zero-order valence-corrected chi connectivity index (χ0v) is 17.8.